The number of benzene rings is 1. The molecule has 1 heterocycles. The molecule has 0 spiro atoms. The fourth-order valence-corrected chi connectivity index (χ4v) is 2.50. The van der Waals surface area contributed by atoms with E-state index < -0.39 is 0 Å². The van der Waals surface area contributed by atoms with Crippen LogP contribution in [0.1, 0.15) is 11.1 Å². The van der Waals surface area contributed by atoms with Crippen molar-refractivity contribution < 1.29 is 0 Å². The first-order chi connectivity index (χ1) is 8.19. The van der Waals surface area contributed by atoms with Gasteiger partial charge in [-0.05, 0) is 11.1 Å². The van der Waals surface area contributed by atoms with Gasteiger partial charge in [0.15, 0.2) is 10.3 Å². The van der Waals surface area contributed by atoms with Crippen LogP contribution in [0.2, 0.25) is 10.3 Å². The van der Waals surface area contributed by atoms with Crippen LogP contribution in [0.25, 0.3) is 0 Å². The number of nitrogens with zero attached hydrogens (tertiary/aromatic N) is 1. The van der Waals surface area contributed by atoms with Gasteiger partial charge in [0, 0.05) is 12.3 Å². The lowest BCUT2D eigenvalue weighted by Crippen LogP contribution is -1.95. The van der Waals surface area contributed by atoms with Crippen LogP contribution in [0.3, 0.4) is 0 Å². The van der Waals surface area contributed by atoms with E-state index in [-0.39, 0.29) is 0 Å². The third-order valence-corrected chi connectivity index (χ3v) is 3.82. The highest BCUT2D eigenvalue weighted by Gasteiger charge is 2.06. The van der Waals surface area contributed by atoms with Crippen molar-refractivity contribution >= 4 is 35.0 Å². The minimum Gasteiger partial charge on any atom is -0.326 e. The summed E-state index contributed by atoms with van der Waals surface area (Å²) in [4.78, 5) is 6.98. The van der Waals surface area contributed by atoms with Crippen molar-refractivity contribution in [3.05, 3.63) is 45.7 Å². The van der Waals surface area contributed by atoms with Gasteiger partial charge in [-0.1, -0.05) is 59.2 Å². The highest BCUT2D eigenvalue weighted by molar-refractivity contribution is 7.98. The van der Waals surface area contributed by atoms with Crippen molar-refractivity contribution in [3.8, 4) is 0 Å². The van der Waals surface area contributed by atoms with E-state index in [1.807, 2.05) is 12.1 Å². The van der Waals surface area contributed by atoms with Crippen LogP contribution in [0.15, 0.2) is 29.4 Å². The zero-order valence-corrected chi connectivity index (χ0v) is 11.2. The van der Waals surface area contributed by atoms with Crippen molar-refractivity contribution in [2.75, 3.05) is 0 Å². The maximum absolute atomic E-state index is 5.77. The van der Waals surface area contributed by atoms with Gasteiger partial charge >= 0.3 is 0 Å². The molecule has 2 rings (SSSR count). The fourth-order valence-electron chi connectivity index (χ4n) is 1.30. The van der Waals surface area contributed by atoms with E-state index in [1.54, 1.807) is 11.8 Å². The smallest absolute Gasteiger partial charge is 0.168 e. The van der Waals surface area contributed by atoms with Gasteiger partial charge in [-0.3, -0.25) is 0 Å². The quantitative estimate of drug-likeness (QED) is 0.847. The third kappa shape index (κ3) is 3.39. The van der Waals surface area contributed by atoms with E-state index in [4.69, 9.17) is 28.9 Å². The van der Waals surface area contributed by atoms with Gasteiger partial charge in [-0.2, -0.15) is 0 Å². The summed E-state index contributed by atoms with van der Waals surface area (Å²) < 4.78 is 0. The standard InChI is InChI=1S/C11H11Cl2N3S/c12-9-10(13)16-11(15-9)17-6-8-3-1-7(5-14)2-4-8/h1-4H,5-6,14H2,(H,15,16). The van der Waals surface area contributed by atoms with Crippen LogP contribution in [-0.4, -0.2) is 9.97 Å². The molecule has 3 nitrogen and oxygen atoms in total. The van der Waals surface area contributed by atoms with Crippen molar-refractivity contribution in [2.24, 2.45) is 5.73 Å². The largest absolute Gasteiger partial charge is 0.326 e. The number of imidazole rings is 1. The summed E-state index contributed by atoms with van der Waals surface area (Å²) in [5.41, 5.74) is 7.87. The lowest BCUT2D eigenvalue weighted by Gasteiger charge is -2.01. The van der Waals surface area contributed by atoms with Crippen molar-refractivity contribution in [1.29, 1.82) is 0 Å². The molecule has 0 unspecified atom stereocenters. The minimum atomic E-state index is 0.313. The Bertz CT molecular complexity index is 476. The number of rotatable bonds is 4. The Kier molecular flexibility index (Phi) is 4.34. The second-order valence-electron chi connectivity index (χ2n) is 3.46. The lowest BCUT2D eigenvalue weighted by molar-refractivity contribution is 1.05. The van der Waals surface area contributed by atoms with Crippen LogP contribution in [-0.2, 0) is 12.3 Å². The Morgan fingerprint density at radius 1 is 1.18 bits per heavy atom. The Labute approximate surface area is 114 Å². The van der Waals surface area contributed by atoms with Crippen molar-refractivity contribution in [2.45, 2.75) is 17.5 Å². The highest BCUT2D eigenvalue weighted by Crippen LogP contribution is 2.26. The Morgan fingerprint density at radius 2 is 1.82 bits per heavy atom. The van der Waals surface area contributed by atoms with Crippen LogP contribution >= 0.6 is 35.0 Å². The first kappa shape index (κ1) is 12.8. The number of thioether (sulfide) groups is 1. The summed E-state index contributed by atoms with van der Waals surface area (Å²) in [5.74, 6) is 0.811. The Hall–Kier alpha value is -0.680. The molecule has 3 N–H and O–H groups in total. The number of nitrogens with two attached hydrogens (primary N) is 1. The Morgan fingerprint density at radius 3 is 2.35 bits per heavy atom. The molecule has 1 aromatic carbocycles. The van der Waals surface area contributed by atoms with Crippen LogP contribution in [0.5, 0.6) is 0 Å². The molecule has 1 aromatic heterocycles. The molecule has 0 saturated heterocycles. The topological polar surface area (TPSA) is 54.7 Å². The summed E-state index contributed by atoms with van der Waals surface area (Å²) >= 11 is 13.1. The molecule has 90 valence electrons. The predicted molar refractivity (Wildman–Crippen MR) is 72.5 cm³/mol. The van der Waals surface area contributed by atoms with E-state index in [1.165, 1.54) is 5.56 Å². The fraction of sp³-hybridized carbons (Fsp3) is 0.182. The number of H-pyrrole nitrogens is 1. The summed E-state index contributed by atoms with van der Waals surface area (Å²) in [6.45, 7) is 0.566. The summed E-state index contributed by atoms with van der Waals surface area (Å²) in [6.07, 6.45) is 0. The third-order valence-electron chi connectivity index (χ3n) is 2.23. The zero-order chi connectivity index (χ0) is 12.3. The number of aromatic nitrogens is 2. The molecule has 0 aliphatic heterocycles. The molecule has 0 aliphatic carbocycles. The SMILES string of the molecule is NCc1ccc(CSc2nc(Cl)c(Cl)[nH]2)cc1. The highest BCUT2D eigenvalue weighted by atomic mass is 35.5. The molecule has 0 aliphatic rings. The van der Waals surface area contributed by atoms with Gasteiger partial charge in [-0.15, -0.1) is 0 Å². The van der Waals surface area contributed by atoms with Gasteiger partial charge in [0.1, 0.15) is 5.15 Å². The monoisotopic (exact) mass is 287 g/mol. The van der Waals surface area contributed by atoms with Gasteiger partial charge in [-0.25, -0.2) is 4.98 Å². The van der Waals surface area contributed by atoms with E-state index in [2.05, 4.69) is 22.1 Å². The van der Waals surface area contributed by atoms with Crippen LogP contribution < -0.4 is 5.73 Å². The number of hydrogen-bond acceptors (Lipinski definition) is 3. The van der Waals surface area contributed by atoms with E-state index in [9.17, 15) is 0 Å². The van der Waals surface area contributed by atoms with E-state index >= 15 is 0 Å². The number of nitrogens with one attached hydrogen (secondary N) is 1. The van der Waals surface area contributed by atoms with Gasteiger partial charge in [0.25, 0.3) is 0 Å². The van der Waals surface area contributed by atoms with Gasteiger partial charge in [0.05, 0.1) is 0 Å². The van der Waals surface area contributed by atoms with Crippen molar-refractivity contribution in [1.82, 2.24) is 9.97 Å². The summed E-state index contributed by atoms with van der Waals surface area (Å²) in [7, 11) is 0. The van der Waals surface area contributed by atoms with Gasteiger partial charge < -0.3 is 10.7 Å². The molecule has 6 heteroatoms. The number of hydrogen-bond donors (Lipinski definition) is 2. The first-order valence-corrected chi connectivity index (χ1v) is 6.75. The summed E-state index contributed by atoms with van der Waals surface area (Å²) in [6, 6.07) is 8.17. The predicted octanol–water partition coefficient (Wildman–Crippen LogP) is 3.47. The molecule has 0 bridgehead atoms. The zero-order valence-electron chi connectivity index (χ0n) is 8.91. The molecule has 0 saturated carbocycles. The lowest BCUT2D eigenvalue weighted by atomic mass is 10.1. The molecular weight excluding hydrogens is 277 g/mol. The molecule has 2 aromatic rings. The minimum absolute atomic E-state index is 0.313. The van der Waals surface area contributed by atoms with E-state index in [0.29, 0.717) is 16.9 Å². The van der Waals surface area contributed by atoms with Crippen LogP contribution in [0.4, 0.5) is 0 Å². The first-order valence-electron chi connectivity index (χ1n) is 5.00. The normalized spacial score (nSPS) is 10.8. The molecule has 17 heavy (non-hydrogen) atoms. The average molecular weight is 288 g/mol. The second-order valence-corrected chi connectivity index (χ2v) is 5.16. The average Bonchev–Trinajstić information content (AvgIpc) is 2.67. The summed E-state index contributed by atoms with van der Waals surface area (Å²) in [5, 5.41) is 1.42. The molecule has 0 radical (unpaired) electrons. The second kappa shape index (κ2) is 5.78. The number of halogens is 2. The molecule has 0 fully saturated rings. The number of aromatic amines is 1. The van der Waals surface area contributed by atoms with Crippen LogP contribution in [0, 0.1) is 0 Å². The molecular formula is C11H11Cl2N3S. The molecule has 0 atom stereocenters. The maximum atomic E-state index is 5.77. The van der Waals surface area contributed by atoms with Gasteiger partial charge in [0.2, 0.25) is 0 Å². The van der Waals surface area contributed by atoms with Crippen molar-refractivity contribution in [3.63, 3.8) is 0 Å². The maximum Gasteiger partial charge on any atom is 0.168 e. The molecule has 0 amide bonds. The van der Waals surface area contributed by atoms with E-state index in [0.717, 1.165) is 16.5 Å². The Balaban J connectivity index is 1.97.